The highest BCUT2D eigenvalue weighted by Gasteiger charge is 2.33. The van der Waals surface area contributed by atoms with Crippen molar-refractivity contribution in [2.45, 2.75) is 37.6 Å². The quantitative estimate of drug-likeness (QED) is 0.753. The summed E-state index contributed by atoms with van der Waals surface area (Å²) in [6.45, 7) is 6.72. The van der Waals surface area contributed by atoms with E-state index in [9.17, 15) is 13.2 Å². The van der Waals surface area contributed by atoms with E-state index in [0.717, 1.165) is 17.7 Å². The Balaban J connectivity index is 1.44. The fourth-order valence-corrected chi connectivity index (χ4v) is 5.82. The van der Waals surface area contributed by atoms with Crippen LogP contribution >= 0.6 is 0 Å². The van der Waals surface area contributed by atoms with Crippen LogP contribution in [0.5, 0.6) is 0 Å². The summed E-state index contributed by atoms with van der Waals surface area (Å²) in [5.74, 6) is 0.0924. The molecule has 0 N–H and O–H groups in total. The third kappa shape index (κ3) is 4.02. The van der Waals surface area contributed by atoms with Gasteiger partial charge in [-0.2, -0.15) is 4.31 Å². The summed E-state index contributed by atoms with van der Waals surface area (Å²) in [6, 6.07) is 14.8. The van der Waals surface area contributed by atoms with Crippen molar-refractivity contribution < 1.29 is 13.2 Å². The zero-order valence-electron chi connectivity index (χ0n) is 17.6. The number of aryl methyl sites for hydroxylation is 1. The highest BCUT2D eigenvalue weighted by Crippen LogP contribution is 2.29. The molecule has 0 radical (unpaired) electrons. The molecule has 0 saturated carbocycles. The first-order valence-electron chi connectivity index (χ1n) is 10.6. The van der Waals surface area contributed by atoms with E-state index in [4.69, 9.17) is 0 Å². The van der Waals surface area contributed by atoms with Crippen LogP contribution in [0.1, 0.15) is 24.5 Å². The van der Waals surface area contributed by atoms with Gasteiger partial charge in [0.1, 0.15) is 0 Å². The van der Waals surface area contributed by atoms with Gasteiger partial charge < -0.3 is 4.90 Å². The molecule has 0 aliphatic carbocycles. The molecular formula is C23H29N3O3S. The van der Waals surface area contributed by atoms with Gasteiger partial charge >= 0.3 is 0 Å². The normalized spacial score (nSPS) is 19.3. The minimum atomic E-state index is -3.52. The number of rotatable bonds is 4. The lowest BCUT2D eigenvalue weighted by molar-refractivity contribution is -0.123. The molecule has 0 spiro atoms. The van der Waals surface area contributed by atoms with Crippen LogP contribution in [-0.2, 0) is 21.2 Å². The molecule has 2 aromatic carbocycles. The summed E-state index contributed by atoms with van der Waals surface area (Å²) in [7, 11) is -3.52. The smallest absolute Gasteiger partial charge is 0.244 e. The van der Waals surface area contributed by atoms with E-state index < -0.39 is 10.0 Å². The lowest BCUT2D eigenvalue weighted by Gasteiger charge is -2.30. The van der Waals surface area contributed by atoms with E-state index >= 15 is 0 Å². The van der Waals surface area contributed by atoms with Crippen LogP contribution in [0.3, 0.4) is 0 Å². The number of anilines is 1. The van der Waals surface area contributed by atoms with Gasteiger partial charge in [-0.3, -0.25) is 9.69 Å². The van der Waals surface area contributed by atoms with E-state index in [1.54, 1.807) is 16.4 Å². The van der Waals surface area contributed by atoms with Crippen LogP contribution < -0.4 is 4.90 Å². The maximum atomic E-state index is 13.2. The van der Waals surface area contributed by atoms with Gasteiger partial charge in [0.2, 0.25) is 15.9 Å². The zero-order valence-corrected chi connectivity index (χ0v) is 18.4. The number of benzene rings is 2. The zero-order chi connectivity index (χ0) is 21.3. The van der Waals surface area contributed by atoms with Crippen molar-refractivity contribution in [2.75, 3.05) is 37.6 Å². The van der Waals surface area contributed by atoms with Gasteiger partial charge in [0.15, 0.2) is 0 Å². The number of carbonyl (C=O) groups excluding carboxylic acids is 1. The molecule has 0 aromatic heterocycles. The fraction of sp³-hybridized carbons (Fsp3) is 0.435. The average molecular weight is 428 g/mol. The molecule has 30 heavy (non-hydrogen) atoms. The number of hydrogen-bond donors (Lipinski definition) is 0. The van der Waals surface area contributed by atoms with Crippen molar-refractivity contribution in [1.82, 2.24) is 9.21 Å². The molecule has 0 unspecified atom stereocenters. The van der Waals surface area contributed by atoms with Crippen molar-refractivity contribution >= 4 is 21.6 Å². The third-order valence-electron chi connectivity index (χ3n) is 6.21. The standard InChI is InChI=1S/C23H29N3O3S/c1-18-8-10-21(11-9-18)30(28,29)25-14-5-13-24(16-17-25)19(2)23(27)26-15-12-20-6-3-4-7-22(20)26/h3-4,6-11,19H,5,12-17H2,1-2H3/t19-/m0/s1. The van der Waals surface area contributed by atoms with Crippen molar-refractivity contribution in [2.24, 2.45) is 0 Å². The fourth-order valence-electron chi connectivity index (χ4n) is 4.35. The maximum absolute atomic E-state index is 13.2. The number of para-hydroxylation sites is 1. The minimum Gasteiger partial charge on any atom is -0.310 e. The molecule has 1 atom stereocenters. The van der Waals surface area contributed by atoms with Crippen LogP contribution in [0.25, 0.3) is 0 Å². The summed E-state index contributed by atoms with van der Waals surface area (Å²) in [6.07, 6.45) is 1.59. The molecule has 1 saturated heterocycles. The topological polar surface area (TPSA) is 60.9 Å². The summed E-state index contributed by atoms with van der Waals surface area (Å²) >= 11 is 0. The van der Waals surface area contributed by atoms with Crippen molar-refractivity contribution in [3.63, 3.8) is 0 Å². The second-order valence-corrected chi connectivity index (χ2v) is 10.1. The number of hydrogen-bond acceptors (Lipinski definition) is 4. The van der Waals surface area contributed by atoms with Gasteiger partial charge in [-0.1, -0.05) is 35.9 Å². The van der Waals surface area contributed by atoms with E-state index in [-0.39, 0.29) is 11.9 Å². The summed E-state index contributed by atoms with van der Waals surface area (Å²) in [5.41, 5.74) is 3.25. The lowest BCUT2D eigenvalue weighted by Crippen LogP contribution is -2.48. The molecule has 4 rings (SSSR count). The van der Waals surface area contributed by atoms with Crippen LogP contribution in [0, 0.1) is 6.92 Å². The van der Waals surface area contributed by atoms with Crippen LogP contribution in [0.2, 0.25) is 0 Å². The molecule has 1 amide bonds. The largest absolute Gasteiger partial charge is 0.310 e. The van der Waals surface area contributed by atoms with E-state index in [2.05, 4.69) is 11.0 Å². The summed E-state index contributed by atoms with van der Waals surface area (Å²) in [5, 5.41) is 0. The molecule has 2 aromatic rings. The molecule has 6 nitrogen and oxygen atoms in total. The highest BCUT2D eigenvalue weighted by molar-refractivity contribution is 7.89. The molecule has 2 aliphatic heterocycles. The maximum Gasteiger partial charge on any atom is 0.244 e. The van der Waals surface area contributed by atoms with Gasteiger partial charge in [-0.05, 0) is 50.5 Å². The van der Waals surface area contributed by atoms with Gasteiger partial charge in [0, 0.05) is 38.4 Å². The summed E-state index contributed by atoms with van der Waals surface area (Å²) in [4.78, 5) is 17.5. The molecule has 0 bridgehead atoms. The predicted octanol–water partition coefficient (Wildman–Crippen LogP) is 2.67. The van der Waals surface area contributed by atoms with Gasteiger partial charge in [-0.25, -0.2) is 8.42 Å². The third-order valence-corrected chi connectivity index (χ3v) is 8.12. The van der Waals surface area contributed by atoms with E-state index in [0.29, 0.717) is 44.0 Å². The first kappa shape index (κ1) is 21.0. The Morgan fingerprint density at radius 1 is 0.933 bits per heavy atom. The van der Waals surface area contributed by atoms with Gasteiger partial charge in [0.05, 0.1) is 10.9 Å². The Morgan fingerprint density at radius 2 is 1.67 bits per heavy atom. The minimum absolute atomic E-state index is 0.0924. The van der Waals surface area contributed by atoms with Crippen LogP contribution in [0.15, 0.2) is 53.4 Å². The van der Waals surface area contributed by atoms with Crippen LogP contribution in [-0.4, -0.2) is 62.3 Å². The van der Waals surface area contributed by atoms with E-state index in [1.807, 2.05) is 49.1 Å². The number of nitrogens with zero attached hydrogens (tertiary/aromatic N) is 3. The molecule has 2 heterocycles. The first-order valence-corrected chi connectivity index (χ1v) is 12.0. The molecular weight excluding hydrogens is 398 g/mol. The van der Waals surface area contributed by atoms with Crippen LogP contribution in [0.4, 0.5) is 5.69 Å². The number of amides is 1. The Kier molecular flexibility index (Phi) is 5.95. The highest BCUT2D eigenvalue weighted by atomic mass is 32.2. The Morgan fingerprint density at radius 3 is 2.43 bits per heavy atom. The monoisotopic (exact) mass is 427 g/mol. The van der Waals surface area contributed by atoms with Gasteiger partial charge in [0.25, 0.3) is 0 Å². The molecule has 2 aliphatic rings. The Bertz CT molecular complexity index is 1020. The number of fused-ring (bicyclic) bond motifs is 1. The van der Waals surface area contributed by atoms with Crippen molar-refractivity contribution in [3.05, 3.63) is 59.7 Å². The first-order chi connectivity index (χ1) is 14.4. The molecule has 1 fully saturated rings. The van der Waals surface area contributed by atoms with Crippen molar-refractivity contribution in [1.29, 1.82) is 0 Å². The second kappa shape index (κ2) is 8.49. The van der Waals surface area contributed by atoms with Crippen molar-refractivity contribution in [3.8, 4) is 0 Å². The summed E-state index contributed by atoms with van der Waals surface area (Å²) < 4.78 is 27.6. The predicted molar refractivity (Wildman–Crippen MR) is 118 cm³/mol. The second-order valence-electron chi connectivity index (χ2n) is 8.15. The van der Waals surface area contributed by atoms with Gasteiger partial charge in [-0.15, -0.1) is 0 Å². The SMILES string of the molecule is Cc1ccc(S(=O)(=O)N2CCCN([C@@H](C)C(=O)N3CCc4ccccc43)CC2)cc1. The molecule has 7 heteroatoms. The van der Waals surface area contributed by atoms with E-state index in [1.165, 1.54) is 5.56 Å². The number of sulfonamides is 1. The lowest BCUT2D eigenvalue weighted by atomic mass is 10.1. The molecule has 160 valence electrons. The average Bonchev–Trinajstić information content (AvgIpc) is 3.01. The Labute approximate surface area is 179 Å². The Hall–Kier alpha value is -2.22. The number of carbonyl (C=O) groups is 1.